The summed E-state index contributed by atoms with van der Waals surface area (Å²) >= 11 is 0. The molecule has 1 aliphatic carbocycles. The zero-order valence-electron chi connectivity index (χ0n) is 11.4. The van der Waals surface area contributed by atoms with Crippen LogP contribution in [0.5, 0.6) is 0 Å². The fourth-order valence-corrected chi connectivity index (χ4v) is 2.65. The maximum absolute atomic E-state index is 12.0. The summed E-state index contributed by atoms with van der Waals surface area (Å²) in [5.41, 5.74) is 0. The first-order valence-corrected chi connectivity index (χ1v) is 7.13. The number of carbonyl (C=O) groups is 2. The second-order valence-electron chi connectivity index (χ2n) is 5.16. The first-order valence-electron chi connectivity index (χ1n) is 7.13. The number of carboxylic acids is 1. The van der Waals surface area contributed by atoms with E-state index in [9.17, 15) is 9.59 Å². The molecular weight excluding hydrogens is 230 g/mol. The zero-order valence-corrected chi connectivity index (χ0v) is 11.4. The van der Waals surface area contributed by atoms with Crippen LogP contribution in [0.1, 0.15) is 58.3 Å². The van der Waals surface area contributed by atoms with Crippen LogP contribution in [-0.4, -0.2) is 35.0 Å². The number of hydrogen-bond acceptors (Lipinski definition) is 2. The molecule has 0 aromatic rings. The van der Waals surface area contributed by atoms with Gasteiger partial charge in [-0.05, 0) is 19.3 Å². The largest absolute Gasteiger partial charge is 0.481 e. The van der Waals surface area contributed by atoms with Crippen LogP contribution in [0.3, 0.4) is 0 Å². The Morgan fingerprint density at radius 1 is 1.17 bits per heavy atom. The fourth-order valence-electron chi connectivity index (χ4n) is 2.65. The number of hydrogen-bond donors (Lipinski definition) is 1. The van der Waals surface area contributed by atoms with Crippen LogP contribution < -0.4 is 0 Å². The smallest absolute Gasteiger partial charge is 0.305 e. The van der Waals surface area contributed by atoms with Gasteiger partial charge in [-0.1, -0.05) is 32.1 Å². The van der Waals surface area contributed by atoms with Gasteiger partial charge in [-0.15, -0.1) is 0 Å². The van der Waals surface area contributed by atoms with E-state index in [0.717, 1.165) is 6.42 Å². The third-order valence-electron chi connectivity index (χ3n) is 3.82. The number of nitrogens with zero attached hydrogens (tertiary/aromatic N) is 1. The van der Waals surface area contributed by atoms with Gasteiger partial charge in [0.05, 0.1) is 6.42 Å². The van der Waals surface area contributed by atoms with Gasteiger partial charge in [0.1, 0.15) is 0 Å². The lowest BCUT2D eigenvalue weighted by molar-refractivity contribution is -0.138. The van der Waals surface area contributed by atoms with Crippen molar-refractivity contribution < 1.29 is 14.7 Å². The van der Waals surface area contributed by atoms with E-state index in [1.165, 1.54) is 32.1 Å². The summed E-state index contributed by atoms with van der Waals surface area (Å²) in [5, 5.41) is 8.64. The Kier molecular flexibility index (Phi) is 6.76. The Bertz CT molecular complexity index is 272. The highest BCUT2D eigenvalue weighted by molar-refractivity contribution is 5.77. The van der Waals surface area contributed by atoms with Crippen LogP contribution in [0.4, 0.5) is 0 Å². The maximum Gasteiger partial charge on any atom is 0.305 e. The molecule has 0 bridgehead atoms. The molecular formula is C14H25NO3. The second-order valence-corrected chi connectivity index (χ2v) is 5.16. The summed E-state index contributed by atoms with van der Waals surface area (Å²) in [6.07, 6.45) is 8.06. The van der Waals surface area contributed by atoms with Crippen molar-refractivity contribution in [2.45, 2.75) is 58.3 Å². The van der Waals surface area contributed by atoms with Gasteiger partial charge in [0.2, 0.25) is 5.91 Å². The first kappa shape index (κ1) is 15.0. The Morgan fingerprint density at radius 3 is 2.39 bits per heavy atom. The van der Waals surface area contributed by atoms with Crippen LogP contribution in [0, 0.1) is 5.92 Å². The minimum atomic E-state index is -0.839. The molecule has 1 rings (SSSR count). The molecule has 0 saturated heterocycles. The summed E-state index contributed by atoms with van der Waals surface area (Å²) in [6.45, 7) is 2.85. The van der Waals surface area contributed by atoms with Crippen molar-refractivity contribution in [1.29, 1.82) is 0 Å². The molecule has 0 radical (unpaired) electrons. The van der Waals surface area contributed by atoms with Gasteiger partial charge < -0.3 is 10.0 Å². The summed E-state index contributed by atoms with van der Waals surface area (Å²) in [7, 11) is 0. The SMILES string of the molecule is CCN(CCC(=O)O)C(=O)CCC1CCCCC1. The molecule has 0 heterocycles. The van der Waals surface area contributed by atoms with E-state index < -0.39 is 5.97 Å². The van der Waals surface area contributed by atoms with Gasteiger partial charge in [0.25, 0.3) is 0 Å². The molecule has 0 aromatic heterocycles. The van der Waals surface area contributed by atoms with E-state index in [0.29, 0.717) is 25.4 Å². The molecule has 1 N–H and O–H groups in total. The Balaban J connectivity index is 2.25. The van der Waals surface area contributed by atoms with Crippen LogP contribution in [0.2, 0.25) is 0 Å². The van der Waals surface area contributed by atoms with E-state index in [-0.39, 0.29) is 12.3 Å². The fraction of sp³-hybridized carbons (Fsp3) is 0.857. The van der Waals surface area contributed by atoms with Gasteiger partial charge in [0, 0.05) is 19.5 Å². The third-order valence-corrected chi connectivity index (χ3v) is 3.82. The Labute approximate surface area is 109 Å². The predicted octanol–water partition coefficient (Wildman–Crippen LogP) is 2.67. The summed E-state index contributed by atoms with van der Waals surface area (Å²) in [4.78, 5) is 24.1. The van der Waals surface area contributed by atoms with Crippen LogP contribution >= 0.6 is 0 Å². The number of amides is 1. The molecule has 0 aliphatic heterocycles. The molecule has 0 aromatic carbocycles. The highest BCUT2D eigenvalue weighted by Gasteiger charge is 2.17. The normalized spacial score (nSPS) is 16.5. The maximum atomic E-state index is 12.0. The van der Waals surface area contributed by atoms with E-state index >= 15 is 0 Å². The van der Waals surface area contributed by atoms with Gasteiger partial charge in [-0.3, -0.25) is 9.59 Å². The summed E-state index contributed by atoms with van der Waals surface area (Å²) < 4.78 is 0. The van der Waals surface area contributed by atoms with Crippen molar-refractivity contribution >= 4 is 11.9 Å². The summed E-state index contributed by atoms with van der Waals surface area (Å²) in [6, 6.07) is 0. The molecule has 1 saturated carbocycles. The van der Waals surface area contributed by atoms with E-state index in [1.54, 1.807) is 4.90 Å². The van der Waals surface area contributed by atoms with Crippen molar-refractivity contribution in [3.63, 3.8) is 0 Å². The van der Waals surface area contributed by atoms with Crippen LogP contribution in [0.25, 0.3) is 0 Å². The minimum Gasteiger partial charge on any atom is -0.481 e. The average Bonchev–Trinajstić information content (AvgIpc) is 2.38. The Morgan fingerprint density at radius 2 is 1.83 bits per heavy atom. The van der Waals surface area contributed by atoms with Crippen molar-refractivity contribution in [3.8, 4) is 0 Å². The van der Waals surface area contributed by atoms with Crippen molar-refractivity contribution in [3.05, 3.63) is 0 Å². The summed E-state index contributed by atoms with van der Waals surface area (Å²) in [5.74, 6) is -0.0151. The van der Waals surface area contributed by atoms with Gasteiger partial charge >= 0.3 is 5.97 Å². The number of carbonyl (C=O) groups excluding carboxylic acids is 1. The zero-order chi connectivity index (χ0) is 13.4. The number of aliphatic carboxylic acids is 1. The topological polar surface area (TPSA) is 57.6 Å². The Hall–Kier alpha value is -1.06. The van der Waals surface area contributed by atoms with Gasteiger partial charge in [0.15, 0.2) is 0 Å². The monoisotopic (exact) mass is 255 g/mol. The number of rotatable bonds is 7. The lowest BCUT2D eigenvalue weighted by Crippen LogP contribution is -2.33. The standard InChI is InChI=1S/C14H25NO3/c1-2-15(11-10-14(17)18)13(16)9-8-12-6-4-3-5-7-12/h12H,2-11H2,1H3,(H,17,18). The van der Waals surface area contributed by atoms with E-state index in [2.05, 4.69) is 0 Å². The molecule has 1 fully saturated rings. The minimum absolute atomic E-state index is 0.0447. The third kappa shape index (κ3) is 5.52. The van der Waals surface area contributed by atoms with Gasteiger partial charge in [-0.25, -0.2) is 0 Å². The molecule has 4 heteroatoms. The molecule has 1 aliphatic rings. The van der Waals surface area contributed by atoms with Gasteiger partial charge in [-0.2, -0.15) is 0 Å². The molecule has 4 nitrogen and oxygen atoms in total. The predicted molar refractivity (Wildman–Crippen MR) is 70.3 cm³/mol. The quantitative estimate of drug-likeness (QED) is 0.761. The van der Waals surface area contributed by atoms with E-state index in [1.807, 2.05) is 6.92 Å². The molecule has 1 amide bonds. The first-order chi connectivity index (χ1) is 8.63. The highest BCUT2D eigenvalue weighted by atomic mass is 16.4. The lowest BCUT2D eigenvalue weighted by atomic mass is 9.86. The lowest BCUT2D eigenvalue weighted by Gasteiger charge is -2.24. The molecule has 0 unspecified atom stereocenters. The number of carboxylic acid groups (broad SMARTS) is 1. The molecule has 0 spiro atoms. The van der Waals surface area contributed by atoms with Crippen LogP contribution in [0.15, 0.2) is 0 Å². The van der Waals surface area contributed by atoms with Crippen LogP contribution in [-0.2, 0) is 9.59 Å². The van der Waals surface area contributed by atoms with Crippen molar-refractivity contribution in [2.75, 3.05) is 13.1 Å². The van der Waals surface area contributed by atoms with Crippen molar-refractivity contribution in [1.82, 2.24) is 4.90 Å². The van der Waals surface area contributed by atoms with Crippen molar-refractivity contribution in [2.24, 2.45) is 5.92 Å². The molecule has 0 atom stereocenters. The average molecular weight is 255 g/mol. The van der Waals surface area contributed by atoms with E-state index in [4.69, 9.17) is 5.11 Å². The second kappa shape index (κ2) is 8.11. The molecule has 104 valence electrons. The molecule has 18 heavy (non-hydrogen) atoms. The highest BCUT2D eigenvalue weighted by Crippen LogP contribution is 2.27.